The number of ether oxygens (including phenoxy) is 1. The molecule has 2 rings (SSSR count). The van der Waals surface area contributed by atoms with E-state index < -0.39 is 4.92 Å². The van der Waals surface area contributed by atoms with Gasteiger partial charge in [-0.05, 0) is 30.9 Å². The van der Waals surface area contributed by atoms with E-state index in [-0.39, 0.29) is 23.5 Å². The molecule has 1 heterocycles. The van der Waals surface area contributed by atoms with E-state index in [0.717, 1.165) is 0 Å². The number of nitro groups is 1. The monoisotopic (exact) mass is 334 g/mol. The van der Waals surface area contributed by atoms with Crippen molar-refractivity contribution in [1.29, 1.82) is 0 Å². The van der Waals surface area contributed by atoms with Gasteiger partial charge >= 0.3 is 5.97 Å². The van der Waals surface area contributed by atoms with E-state index in [1.807, 2.05) is 13.8 Å². The highest BCUT2D eigenvalue weighted by Gasteiger charge is 2.29. The van der Waals surface area contributed by atoms with Crippen LogP contribution >= 0.6 is 0 Å². The highest BCUT2D eigenvalue weighted by Crippen LogP contribution is 2.21. The molecule has 0 unspecified atom stereocenters. The third-order valence-electron chi connectivity index (χ3n) is 4.00. The molecule has 0 N–H and O–H groups in total. The fourth-order valence-electron chi connectivity index (χ4n) is 2.59. The first-order valence-corrected chi connectivity index (χ1v) is 8.09. The van der Waals surface area contributed by atoms with Gasteiger partial charge in [0.25, 0.3) is 11.6 Å². The van der Waals surface area contributed by atoms with Crippen LogP contribution in [-0.4, -0.2) is 41.4 Å². The molecular weight excluding hydrogens is 312 g/mol. The molecule has 130 valence electrons. The predicted molar refractivity (Wildman–Crippen MR) is 87.5 cm³/mol. The van der Waals surface area contributed by atoms with Crippen molar-refractivity contribution in [2.24, 2.45) is 11.8 Å². The van der Waals surface area contributed by atoms with Crippen molar-refractivity contribution in [3.63, 3.8) is 0 Å². The Balaban J connectivity index is 1.88. The summed E-state index contributed by atoms with van der Waals surface area (Å²) in [6.07, 6.45) is 1.16. The maximum absolute atomic E-state index is 12.4. The van der Waals surface area contributed by atoms with Gasteiger partial charge in [-0.3, -0.25) is 19.7 Å². The van der Waals surface area contributed by atoms with Gasteiger partial charge in [-0.15, -0.1) is 0 Å². The van der Waals surface area contributed by atoms with Gasteiger partial charge in [-0.1, -0.05) is 13.8 Å². The lowest BCUT2D eigenvalue weighted by Crippen LogP contribution is -2.40. The number of piperidine rings is 1. The van der Waals surface area contributed by atoms with Gasteiger partial charge in [0.2, 0.25) is 0 Å². The summed E-state index contributed by atoms with van der Waals surface area (Å²) in [5.41, 5.74) is 0.375. The molecule has 7 heteroatoms. The van der Waals surface area contributed by atoms with Crippen molar-refractivity contribution in [2.45, 2.75) is 26.7 Å². The van der Waals surface area contributed by atoms with Crippen LogP contribution < -0.4 is 0 Å². The summed E-state index contributed by atoms with van der Waals surface area (Å²) >= 11 is 0. The molecule has 1 aliphatic heterocycles. The maximum atomic E-state index is 12.4. The molecule has 0 atom stereocenters. The Morgan fingerprint density at radius 1 is 1.25 bits per heavy atom. The van der Waals surface area contributed by atoms with Crippen molar-refractivity contribution < 1.29 is 19.2 Å². The molecule has 0 aliphatic carbocycles. The number of carbonyl (C=O) groups is 2. The summed E-state index contributed by atoms with van der Waals surface area (Å²) in [7, 11) is 0. The molecule has 1 saturated heterocycles. The standard InChI is InChI=1S/C17H22N2O5/c1-12(2)11-24-17(21)14-7-9-18(10-8-14)16(20)13-3-5-15(6-4-13)19(22)23/h3-6,12,14H,7-11H2,1-2H3. The Morgan fingerprint density at radius 3 is 2.33 bits per heavy atom. The van der Waals surface area contributed by atoms with Gasteiger partial charge in [-0.25, -0.2) is 0 Å². The van der Waals surface area contributed by atoms with Crippen LogP contribution in [0.1, 0.15) is 37.0 Å². The lowest BCUT2D eigenvalue weighted by Gasteiger charge is -2.31. The molecule has 24 heavy (non-hydrogen) atoms. The van der Waals surface area contributed by atoms with Crippen LogP contribution in [-0.2, 0) is 9.53 Å². The highest BCUT2D eigenvalue weighted by atomic mass is 16.6. The number of rotatable bonds is 5. The van der Waals surface area contributed by atoms with Gasteiger partial charge in [0.15, 0.2) is 0 Å². The van der Waals surface area contributed by atoms with Gasteiger partial charge in [0.05, 0.1) is 17.4 Å². The summed E-state index contributed by atoms with van der Waals surface area (Å²) in [5.74, 6) is -0.215. The number of amides is 1. The fourth-order valence-corrected chi connectivity index (χ4v) is 2.59. The lowest BCUT2D eigenvalue weighted by atomic mass is 9.96. The molecule has 0 aromatic heterocycles. The number of hydrogen-bond acceptors (Lipinski definition) is 5. The number of non-ortho nitro benzene ring substituents is 1. The average molecular weight is 334 g/mol. The minimum Gasteiger partial charge on any atom is -0.465 e. The van der Waals surface area contributed by atoms with Crippen LogP contribution in [0, 0.1) is 22.0 Å². The SMILES string of the molecule is CC(C)COC(=O)C1CCN(C(=O)c2ccc([N+](=O)[O-])cc2)CC1. The molecule has 7 nitrogen and oxygen atoms in total. The first kappa shape index (κ1) is 17.9. The molecule has 1 amide bonds. The molecular formula is C17H22N2O5. The predicted octanol–water partition coefficient (Wildman–Crippen LogP) is 2.65. The summed E-state index contributed by atoms with van der Waals surface area (Å²) in [6.45, 7) is 5.35. The molecule has 0 radical (unpaired) electrons. The number of nitro benzene ring substituents is 1. The molecule has 0 saturated carbocycles. The highest BCUT2D eigenvalue weighted by molar-refractivity contribution is 5.94. The summed E-state index contributed by atoms with van der Waals surface area (Å²) in [4.78, 5) is 36.2. The summed E-state index contributed by atoms with van der Waals surface area (Å²) in [5, 5.41) is 10.6. The Labute approximate surface area is 140 Å². The van der Waals surface area contributed by atoms with Crippen LogP contribution in [0.2, 0.25) is 0 Å². The van der Waals surface area contributed by atoms with Crippen LogP contribution in [0.5, 0.6) is 0 Å². The van der Waals surface area contributed by atoms with Crippen LogP contribution in [0.4, 0.5) is 5.69 Å². The smallest absolute Gasteiger partial charge is 0.309 e. The number of nitrogens with zero attached hydrogens (tertiary/aromatic N) is 2. The van der Waals surface area contributed by atoms with E-state index in [1.165, 1.54) is 24.3 Å². The second-order valence-corrected chi connectivity index (χ2v) is 6.39. The van der Waals surface area contributed by atoms with E-state index in [2.05, 4.69) is 0 Å². The first-order valence-electron chi connectivity index (χ1n) is 8.09. The largest absolute Gasteiger partial charge is 0.465 e. The quantitative estimate of drug-likeness (QED) is 0.469. The maximum Gasteiger partial charge on any atom is 0.309 e. The van der Waals surface area contributed by atoms with Gasteiger partial charge in [0.1, 0.15) is 0 Å². The first-order chi connectivity index (χ1) is 11.4. The zero-order valence-corrected chi connectivity index (χ0v) is 13.9. The number of esters is 1. The number of benzene rings is 1. The Kier molecular flexibility index (Phi) is 5.89. The van der Waals surface area contributed by atoms with Crippen LogP contribution in [0.25, 0.3) is 0 Å². The number of carbonyl (C=O) groups excluding carboxylic acids is 2. The topological polar surface area (TPSA) is 89.8 Å². The molecule has 0 bridgehead atoms. The van der Waals surface area contributed by atoms with Crippen molar-refractivity contribution >= 4 is 17.6 Å². The van der Waals surface area contributed by atoms with Crippen molar-refractivity contribution in [2.75, 3.05) is 19.7 Å². The van der Waals surface area contributed by atoms with Crippen LogP contribution in [0.15, 0.2) is 24.3 Å². The Bertz CT molecular complexity index is 604. The second-order valence-electron chi connectivity index (χ2n) is 6.39. The normalized spacial score (nSPS) is 15.4. The van der Waals surface area contributed by atoms with E-state index >= 15 is 0 Å². The summed E-state index contributed by atoms with van der Waals surface area (Å²) in [6, 6.07) is 5.57. The van der Waals surface area contributed by atoms with E-state index in [1.54, 1.807) is 4.90 Å². The number of likely N-dealkylation sites (tertiary alicyclic amines) is 1. The summed E-state index contributed by atoms with van der Waals surface area (Å²) < 4.78 is 5.25. The average Bonchev–Trinajstić information content (AvgIpc) is 2.59. The minimum atomic E-state index is -0.498. The second kappa shape index (κ2) is 7.90. The minimum absolute atomic E-state index is 0.0434. The van der Waals surface area contributed by atoms with Gasteiger partial charge in [0, 0.05) is 30.8 Å². The fraction of sp³-hybridized carbons (Fsp3) is 0.529. The third-order valence-corrected chi connectivity index (χ3v) is 4.00. The zero-order valence-electron chi connectivity index (χ0n) is 13.9. The van der Waals surface area contributed by atoms with E-state index in [4.69, 9.17) is 4.74 Å². The molecule has 1 aromatic carbocycles. The molecule has 0 spiro atoms. The molecule has 1 fully saturated rings. The van der Waals surface area contributed by atoms with E-state index in [9.17, 15) is 19.7 Å². The third kappa shape index (κ3) is 4.53. The Morgan fingerprint density at radius 2 is 1.83 bits per heavy atom. The number of hydrogen-bond donors (Lipinski definition) is 0. The van der Waals surface area contributed by atoms with E-state index in [0.29, 0.717) is 44.0 Å². The lowest BCUT2D eigenvalue weighted by molar-refractivity contribution is -0.384. The van der Waals surface area contributed by atoms with Crippen molar-refractivity contribution in [3.8, 4) is 0 Å². The Hall–Kier alpha value is -2.44. The van der Waals surface area contributed by atoms with Crippen molar-refractivity contribution in [3.05, 3.63) is 39.9 Å². The van der Waals surface area contributed by atoms with Gasteiger partial charge < -0.3 is 9.64 Å². The van der Waals surface area contributed by atoms with Gasteiger partial charge in [-0.2, -0.15) is 0 Å². The zero-order chi connectivity index (χ0) is 17.7. The van der Waals surface area contributed by atoms with Crippen LogP contribution in [0.3, 0.4) is 0 Å². The molecule has 1 aliphatic rings. The molecule has 1 aromatic rings. The van der Waals surface area contributed by atoms with Crippen molar-refractivity contribution in [1.82, 2.24) is 4.90 Å².